The lowest BCUT2D eigenvalue weighted by Crippen LogP contribution is -1.97. The van der Waals surface area contributed by atoms with Crippen LogP contribution >= 0.6 is 0 Å². The molecular weight excluding hydrogens is 204 g/mol. The molecule has 0 aromatic heterocycles. The Morgan fingerprint density at radius 3 is 2.06 bits per heavy atom. The zero-order valence-electron chi connectivity index (χ0n) is 10.5. The van der Waals surface area contributed by atoms with Crippen LogP contribution in [0.3, 0.4) is 0 Å². The Balaban J connectivity index is 3.43. The highest BCUT2D eigenvalue weighted by atomic mass is 16.5. The lowest BCUT2D eigenvalue weighted by Gasteiger charge is -2.15. The minimum absolute atomic E-state index is 0.628. The fraction of sp³-hybridized carbons (Fsp3) is 0.385. The third kappa shape index (κ3) is 2.13. The van der Waals surface area contributed by atoms with E-state index in [9.17, 15) is 0 Å². The molecule has 1 rings (SSSR count). The number of methoxy groups -OCH3 is 3. The molecule has 0 amide bonds. The van der Waals surface area contributed by atoms with Gasteiger partial charge in [0, 0.05) is 5.56 Å². The molecule has 0 aliphatic rings. The van der Waals surface area contributed by atoms with E-state index in [2.05, 4.69) is 0 Å². The molecule has 0 spiro atoms. The van der Waals surface area contributed by atoms with Crippen LogP contribution in [-0.2, 0) is 0 Å². The summed E-state index contributed by atoms with van der Waals surface area (Å²) in [4.78, 5) is 0. The summed E-state index contributed by atoms with van der Waals surface area (Å²) in [5.74, 6) is 2.01. The first-order valence-corrected chi connectivity index (χ1v) is 5.11. The number of hydrogen-bond donors (Lipinski definition) is 0. The zero-order chi connectivity index (χ0) is 12.1. The molecule has 0 N–H and O–H groups in total. The second-order valence-corrected chi connectivity index (χ2v) is 3.35. The SMILES string of the molecule is CC=C(C)c1ccc(OC)c(OC)c1OC. The van der Waals surface area contributed by atoms with Crippen LogP contribution in [0.5, 0.6) is 17.2 Å². The van der Waals surface area contributed by atoms with Crippen molar-refractivity contribution in [2.75, 3.05) is 21.3 Å². The van der Waals surface area contributed by atoms with Gasteiger partial charge in [0.2, 0.25) is 5.75 Å². The molecule has 0 saturated carbocycles. The zero-order valence-corrected chi connectivity index (χ0v) is 10.5. The van der Waals surface area contributed by atoms with E-state index in [1.807, 2.05) is 32.1 Å². The van der Waals surface area contributed by atoms with Gasteiger partial charge in [0.05, 0.1) is 21.3 Å². The molecule has 88 valence electrons. The summed E-state index contributed by atoms with van der Waals surface area (Å²) in [5, 5.41) is 0. The summed E-state index contributed by atoms with van der Waals surface area (Å²) in [5.41, 5.74) is 2.15. The molecule has 0 saturated heterocycles. The average molecular weight is 222 g/mol. The lowest BCUT2D eigenvalue weighted by atomic mass is 10.1. The molecule has 3 heteroatoms. The Morgan fingerprint density at radius 1 is 1.00 bits per heavy atom. The van der Waals surface area contributed by atoms with Crippen molar-refractivity contribution in [3.8, 4) is 17.2 Å². The quantitative estimate of drug-likeness (QED) is 0.783. The highest BCUT2D eigenvalue weighted by molar-refractivity contribution is 5.73. The third-order valence-electron chi connectivity index (χ3n) is 2.56. The number of ether oxygens (including phenoxy) is 3. The van der Waals surface area contributed by atoms with E-state index in [1.165, 1.54) is 0 Å². The van der Waals surface area contributed by atoms with Gasteiger partial charge in [0.25, 0.3) is 0 Å². The lowest BCUT2D eigenvalue weighted by molar-refractivity contribution is 0.324. The summed E-state index contributed by atoms with van der Waals surface area (Å²) in [6.45, 7) is 4.02. The van der Waals surface area contributed by atoms with Gasteiger partial charge >= 0.3 is 0 Å². The van der Waals surface area contributed by atoms with Crippen LogP contribution in [0.15, 0.2) is 18.2 Å². The van der Waals surface area contributed by atoms with E-state index >= 15 is 0 Å². The van der Waals surface area contributed by atoms with Crippen molar-refractivity contribution >= 4 is 5.57 Å². The minimum Gasteiger partial charge on any atom is -0.493 e. The fourth-order valence-electron chi connectivity index (χ4n) is 1.57. The number of hydrogen-bond acceptors (Lipinski definition) is 3. The van der Waals surface area contributed by atoms with E-state index in [0.29, 0.717) is 17.2 Å². The summed E-state index contributed by atoms with van der Waals surface area (Å²) in [6.07, 6.45) is 2.03. The first-order valence-electron chi connectivity index (χ1n) is 5.11. The summed E-state index contributed by atoms with van der Waals surface area (Å²) in [7, 11) is 4.85. The van der Waals surface area contributed by atoms with Crippen LogP contribution in [0.2, 0.25) is 0 Å². The Bertz CT molecular complexity index is 394. The standard InChI is InChI=1S/C13H18O3/c1-6-9(2)10-7-8-11(14-3)13(16-5)12(10)15-4/h6-8H,1-5H3. The predicted octanol–water partition coefficient (Wildman–Crippen LogP) is 3.14. The third-order valence-corrected chi connectivity index (χ3v) is 2.56. The van der Waals surface area contributed by atoms with Gasteiger partial charge in [-0.05, 0) is 31.6 Å². The van der Waals surface area contributed by atoms with E-state index in [4.69, 9.17) is 14.2 Å². The van der Waals surface area contributed by atoms with Crippen LogP contribution in [-0.4, -0.2) is 21.3 Å². The first-order chi connectivity index (χ1) is 7.69. The Kier molecular flexibility index (Phi) is 4.23. The molecule has 0 aliphatic heterocycles. The Morgan fingerprint density at radius 2 is 1.62 bits per heavy atom. The van der Waals surface area contributed by atoms with Crippen LogP contribution in [0, 0.1) is 0 Å². The van der Waals surface area contributed by atoms with Gasteiger partial charge in [-0.1, -0.05) is 6.08 Å². The number of rotatable bonds is 4. The molecule has 0 radical (unpaired) electrons. The van der Waals surface area contributed by atoms with Gasteiger partial charge in [-0.25, -0.2) is 0 Å². The Labute approximate surface area is 96.6 Å². The normalized spacial score (nSPS) is 11.2. The molecule has 16 heavy (non-hydrogen) atoms. The van der Waals surface area contributed by atoms with Crippen LogP contribution < -0.4 is 14.2 Å². The van der Waals surface area contributed by atoms with E-state index in [1.54, 1.807) is 21.3 Å². The van der Waals surface area contributed by atoms with Gasteiger partial charge < -0.3 is 14.2 Å². The summed E-state index contributed by atoms with van der Waals surface area (Å²) < 4.78 is 15.9. The molecular formula is C13H18O3. The smallest absolute Gasteiger partial charge is 0.203 e. The average Bonchev–Trinajstić information content (AvgIpc) is 2.35. The highest BCUT2D eigenvalue weighted by Crippen LogP contribution is 2.42. The van der Waals surface area contributed by atoms with Crippen LogP contribution in [0.4, 0.5) is 0 Å². The van der Waals surface area contributed by atoms with Crippen LogP contribution in [0.1, 0.15) is 19.4 Å². The molecule has 0 atom stereocenters. The second kappa shape index (κ2) is 5.45. The van der Waals surface area contributed by atoms with Crippen molar-refractivity contribution in [1.82, 2.24) is 0 Å². The van der Waals surface area contributed by atoms with Crippen molar-refractivity contribution in [2.45, 2.75) is 13.8 Å². The predicted molar refractivity (Wildman–Crippen MR) is 65.4 cm³/mol. The van der Waals surface area contributed by atoms with Crippen molar-refractivity contribution in [3.05, 3.63) is 23.8 Å². The maximum Gasteiger partial charge on any atom is 0.203 e. The summed E-state index contributed by atoms with van der Waals surface area (Å²) >= 11 is 0. The van der Waals surface area contributed by atoms with Gasteiger partial charge in [0.15, 0.2) is 11.5 Å². The minimum atomic E-state index is 0.628. The molecule has 0 aliphatic carbocycles. The van der Waals surface area contributed by atoms with Crippen LogP contribution in [0.25, 0.3) is 5.57 Å². The fourth-order valence-corrected chi connectivity index (χ4v) is 1.57. The van der Waals surface area contributed by atoms with E-state index in [-0.39, 0.29) is 0 Å². The molecule has 1 aromatic rings. The number of allylic oxidation sites excluding steroid dienone is 2. The second-order valence-electron chi connectivity index (χ2n) is 3.35. The maximum atomic E-state index is 5.39. The topological polar surface area (TPSA) is 27.7 Å². The molecule has 0 fully saturated rings. The van der Waals surface area contributed by atoms with Gasteiger partial charge in [0.1, 0.15) is 0 Å². The largest absolute Gasteiger partial charge is 0.493 e. The highest BCUT2D eigenvalue weighted by Gasteiger charge is 2.15. The molecule has 1 aromatic carbocycles. The van der Waals surface area contributed by atoms with Crippen molar-refractivity contribution < 1.29 is 14.2 Å². The van der Waals surface area contributed by atoms with Gasteiger partial charge in [-0.15, -0.1) is 0 Å². The van der Waals surface area contributed by atoms with Crippen molar-refractivity contribution in [3.63, 3.8) is 0 Å². The molecule has 3 nitrogen and oxygen atoms in total. The van der Waals surface area contributed by atoms with Crippen molar-refractivity contribution in [2.24, 2.45) is 0 Å². The van der Waals surface area contributed by atoms with Gasteiger partial charge in [-0.3, -0.25) is 0 Å². The molecule has 0 unspecified atom stereocenters. The monoisotopic (exact) mass is 222 g/mol. The first kappa shape index (κ1) is 12.4. The number of benzene rings is 1. The summed E-state index contributed by atoms with van der Waals surface area (Å²) in [6, 6.07) is 3.85. The maximum absolute atomic E-state index is 5.39. The molecule has 0 heterocycles. The van der Waals surface area contributed by atoms with E-state index < -0.39 is 0 Å². The van der Waals surface area contributed by atoms with Gasteiger partial charge in [-0.2, -0.15) is 0 Å². The Hall–Kier alpha value is -1.64. The van der Waals surface area contributed by atoms with Crippen molar-refractivity contribution in [1.29, 1.82) is 0 Å². The molecule has 0 bridgehead atoms. The van der Waals surface area contributed by atoms with E-state index in [0.717, 1.165) is 11.1 Å².